The van der Waals surface area contributed by atoms with Crippen LogP contribution in [0, 0.1) is 0 Å². The van der Waals surface area contributed by atoms with Gasteiger partial charge < -0.3 is 0 Å². The Bertz CT molecular complexity index is 562. The number of ketones is 3. The molecule has 0 saturated carbocycles. The maximum atomic E-state index is 12.1. The van der Waals surface area contributed by atoms with Crippen LogP contribution in [-0.2, 0) is 14.4 Å². The number of allylic oxidation sites excluding steroid dienone is 6. The standard InChI is InChI=1S/C21H30O3/c1-4-19(22)16-10-7-12-17(20(23)5-2)14-9-15-18(13-8-11-16)21(24)6-3/h10,12-13H,4-9,11,14-15H2,1-3H3/b16-10-,17-12-,18-13-. The van der Waals surface area contributed by atoms with E-state index in [1.807, 2.05) is 39.0 Å². The van der Waals surface area contributed by atoms with Gasteiger partial charge in [-0.15, -0.1) is 0 Å². The molecule has 0 unspecified atom stereocenters. The van der Waals surface area contributed by atoms with Crippen molar-refractivity contribution in [3.05, 3.63) is 34.9 Å². The van der Waals surface area contributed by atoms with E-state index in [-0.39, 0.29) is 17.3 Å². The Morgan fingerprint density at radius 2 is 1.12 bits per heavy atom. The molecule has 1 aliphatic carbocycles. The summed E-state index contributed by atoms with van der Waals surface area (Å²) >= 11 is 0. The Morgan fingerprint density at radius 1 is 0.708 bits per heavy atom. The minimum atomic E-state index is 0.153. The lowest BCUT2D eigenvalue weighted by Crippen LogP contribution is -2.06. The fraction of sp³-hybridized carbons (Fsp3) is 0.571. The van der Waals surface area contributed by atoms with E-state index in [4.69, 9.17) is 0 Å². The fourth-order valence-corrected chi connectivity index (χ4v) is 2.96. The van der Waals surface area contributed by atoms with Crippen LogP contribution in [-0.4, -0.2) is 17.3 Å². The summed E-state index contributed by atoms with van der Waals surface area (Å²) < 4.78 is 0. The maximum absolute atomic E-state index is 12.1. The molecule has 24 heavy (non-hydrogen) atoms. The molecule has 0 aromatic heterocycles. The Labute approximate surface area is 145 Å². The number of carbonyl (C=O) groups is 3. The molecule has 0 heterocycles. The zero-order valence-electron chi connectivity index (χ0n) is 15.3. The van der Waals surface area contributed by atoms with Crippen LogP contribution in [0.3, 0.4) is 0 Å². The third-order valence-corrected chi connectivity index (χ3v) is 4.46. The molecule has 3 heteroatoms. The van der Waals surface area contributed by atoms with Gasteiger partial charge >= 0.3 is 0 Å². The average molecular weight is 330 g/mol. The number of carbonyl (C=O) groups excluding carboxylic acids is 3. The third-order valence-electron chi connectivity index (χ3n) is 4.46. The second kappa shape index (κ2) is 10.9. The Morgan fingerprint density at radius 3 is 1.58 bits per heavy atom. The van der Waals surface area contributed by atoms with Crippen LogP contribution in [0.15, 0.2) is 34.9 Å². The first-order valence-electron chi connectivity index (χ1n) is 9.20. The number of hydrogen-bond acceptors (Lipinski definition) is 3. The van der Waals surface area contributed by atoms with E-state index < -0.39 is 0 Å². The molecule has 0 saturated heterocycles. The van der Waals surface area contributed by atoms with Gasteiger partial charge in [-0.25, -0.2) is 0 Å². The molecular formula is C21H30O3. The lowest BCUT2D eigenvalue weighted by molar-refractivity contribution is -0.116. The van der Waals surface area contributed by atoms with Crippen LogP contribution in [0.1, 0.15) is 78.6 Å². The molecule has 0 spiro atoms. The molecule has 0 bridgehead atoms. The molecule has 0 radical (unpaired) electrons. The molecule has 0 N–H and O–H groups in total. The lowest BCUT2D eigenvalue weighted by Gasteiger charge is -2.10. The molecule has 132 valence electrons. The molecule has 3 nitrogen and oxygen atoms in total. The normalized spacial score (nSPS) is 23.4. The zero-order chi connectivity index (χ0) is 17.9. The van der Waals surface area contributed by atoms with Crippen LogP contribution < -0.4 is 0 Å². The van der Waals surface area contributed by atoms with Gasteiger partial charge in [-0.1, -0.05) is 39.0 Å². The molecule has 1 aliphatic rings. The summed E-state index contributed by atoms with van der Waals surface area (Å²) in [4.78, 5) is 36.3. The molecule has 0 aromatic rings. The van der Waals surface area contributed by atoms with E-state index in [2.05, 4.69) is 0 Å². The van der Waals surface area contributed by atoms with Crippen LogP contribution in [0.25, 0.3) is 0 Å². The number of Topliss-reactive ketones (excluding diaryl/α,β-unsaturated/α-hetero) is 3. The van der Waals surface area contributed by atoms with E-state index >= 15 is 0 Å². The van der Waals surface area contributed by atoms with Crippen LogP contribution in [0.4, 0.5) is 0 Å². The Hall–Kier alpha value is -1.77. The van der Waals surface area contributed by atoms with Gasteiger partial charge in [-0.05, 0) is 55.2 Å². The van der Waals surface area contributed by atoms with E-state index in [9.17, 15) is 14.4 Å². The van der Waals surface area contributed by atoms with E-state index in [0.29, 0.717) is 44.9 Å². The third kappa shape index (κ3) is 6.38. The van der Waals surface area contributed by atoms with E-state index in [0.717, 1.165) is 29.6 Å². The monoisotopic (exact) mass is 330 g/mol. The van der Waals surface area contributed by atoms with Crippen molar-refractivity contribution in [2.75, 3.05) is 0 Å². The predicted octanol–water partition coefficient (Wildman–Crippen LogP) is 5.06. The summed E-state index contributed by atoms with van der Waals surface area (Å²) in [6, 6.07) is 0. The van der Waals surface area contributed by atoms with Crippen molar-refractivity contribution in [2.45, 2.75) is 78.6 Å². The largest absolute Gasteiger partial charge is 0.295 e. The van der Waals surface area contributed by atoms with Gasteiger partial charge in [-0.2, -0.15) is 0 Å². The van der Waals surface area contributed by atoms with Gasteiger partial charge in [0.2, 0.25) is 0 Å². The smallest absolute Gasteiger partial charge is 0.158 e. The molecule has 1 rings (SSSR count). The highest BCUT2D eigenvalue weighted by atomic mass is 16.1. The van der Waals surface area contributed by atoms with Crippen molar-refractivity contribution in [1.29, 1.82) is 0 Å². The summed E-state index contributed by atoms with van der Waals surface area (Å²) in [5, 5.41) is 0. The van der Waals surface area contributed by atoms with Crippen molar-refractivity contribution in [2.24, 2.45) is 0 Å². The summed E-state index contributed by atoms with van der Waals surface area (Å²) in [7, 11) is 0. The maximum Gasteiger partial charge on any atom is 0.158 e. The summed E-state index contributed by atoms with van der Waals surface area (Å²) in [5.41, 5.74) is 2.50. The van der Waals surface area contributed by atoms with Crippen molar-refractivity contribution in [3.63, 3.8) is 0 Å². The number of rotatable bonds is 6. The Balaban J connectivity index is 3.07. The van der Waals surface area contributed by atoms with Gasteiger partial charge in [0.15, 0.2) is 17.3 Å². The second-order valence-electron chi connectivity index (χ2n) is 6.15. The first kappa shape index (κ1) is 20.3. The summed E-state index contributed by atoms with van der Waals surface area (Å²) in [6.45, 7) is 5.60. The average Bonchev–Trinajstić information content (AvgIpc) is 2.60. The molecule has 0 amide bonds. The van der Waals surface area contributed by atoms with Gasteiger partial charge in [0, 0.05) is 19.3 Å². The minimum Gasteiger partial charge on any atom is -0.295 e. The Kier molecular flexibility index (Phi) is 9.21. The molecule has 0 fully saturated rings. The minimum absolute atomic E-state index is 0.153. The highest BCUT2D eigenvalue weighted by molar-refractivity contribution is 5.97. The van der Waals surface area contributed by atoms with Crippen molar-refractivity contribution in [3.8, 4) is 0 Å². The van der Waals surface area contributed by atoms with Gasteiger partial charge in [0.05, 0.1) is 0 Å². The zero-order valence-corrected chi connectivity index (χ0v) is 15.3. The SMILES string of the molecule is CCC(=O)/C1=C\C/C=C(\C(=O)CC)CCC/C(C(=O)CC)=C/CC1. The first-order chi connectivity index (χ1) is 11.5. The molecule has 0 aliphatic heterocycles. The van der Waals surface area contributed by atoms with Gasteiger partial charge in [0.25, 0.3) is 0 Å². The van der Waals surface area contributed by atoms with E-state index in [1.54, 1.807) is 0 Å². The fourth-order valence-electron chi connectivity index (χ4n) is 2.96. The highest BCUT2D eigenvalue weighted by Gasteiger charge is 2.12. The molecular weight excluding hydrogens is 300 g/mol. The summed E-state index contributed by atoms with van der Waals surface area (Å²) in [6.07, 6.45) is 11.6. The van der Waals surface area contributed by atoms with Crippen LogP contribution in [0.5, 0.6) is 0 Å². The van der Waals surface area contributed by atoms with Crippen LogP contribution >= 0.6 is 0 Å². The predicted molar refractivity (Wildman–Crippen MR) is 97.8 cm³/mol. The van der Waals surface area contributed by atoms with E-state index in [1.165, 1.54) is 0 Å². The van der Waals surface area contributed by atoms with Crippen molar-refractivity contribution >= 4 is 17.3 Å². The second-order valence-corrected chi connectivity index (χ2v) is 6.15. The highest BCUT2D eigenvalue weighted by Crippen LogP contribution is 2.20. The van der Waals surface area contributed by atoms with Crippen molar-refractivity contribution in [1.82, 2.24) is 0 Å². The topological polar surface area (TPSA) is 51.2 Å². The number of hydrogen-bond donors (Lipinski definition) is 0. The van der Waals surface area contributed by atoms with Gasteiger partial charge in [0.1, 0.15) is 0 Å². The summed E-state index contributed by atoms with van der Waals surface area (Å²) in [5.74, 6) is 0.489. The molecule has 0 atom stereocenters. The lowest BCUT2D eigenvalue weighted by atomic mass is 9.94. The van der Waals surface area contributed by atoms with Crippen molar-refractivity contribution < 1.29 is 14.4 Å². The first-order valence-corrected chi connectivity index (χ1v) is 9.20. The quantitative estimate of drug-likeness (QED) is 0.684. The van der Waals surface area contributed by atoms with Gasteiger partial charge in [-0.3, -0.25) is 14.4 Å². The van der Waals surface area contributed by atoms with Crippen LogP contribution in [0.2, 0.25) is 0 Å². The molecule has 0 aromatic carbocycles.